The number of ether oxygens (including phenoxy) is 2. The number of alkyl halides is 3. The van der Waals surface area contributed by atoms with Gasteiger partial charge in [-0.3, -0.25) is 9.59 Å². The number of amides is 2. The van der Waals surface area contributed by atoms with Crippen LogP contribution in [0, 0.1) is 5.92 Å². The fraction of sp³-hybridized carbons (Fsp3) is 0.500. The molecule has 1 heterocycles. The molecule has 1 atom stereocenters. The Balaban J connectivity index is 1.39. The van der Waals surface area contributed by atoms with Gasteiger partial charge in [0.15, 0.2) is 6.61 Å². The third-order valence-corrected chi connectivity index (χ3v) is 6.21. The largest absolute Gasteiger partial charge is 0.573 e. The van der Waals surface area contributed by atoms with Crippen LogP contribution in [0.2, 0.25) is 0 Å². The fourth-order valence-electron chi connectivity index (χ4n) is 3.64. The van der Waals surface area contributed by atoms with Crippen molar-refractivity contribution in [2.45, 2.75) is 58.0 Å². The van der Waals surface area contributed by atoms with E-state index in [1.807, 2.05) is 6.92 Å². The van der Waals surface area contributed by atoms with Gasteiger partial charge < -0.3 is 20.1 Å². The topological polar surface area (TPSA) is 89.6 Å². The first kappa shape index (κ1) is 24.8. The Morgan fingerprint density at radius 3 is 2.48 bits per heavy atom. The van der Waals surface area contributed by atoms with Gasteiger partial charge in [-0.1, -0.05) is 19.3 Å². The lowest BCUT2D eigenvalue weighted by atomic mass is 9.84. The number of nitrogens with one attached hydrogen (secondary N) is 2. The summed E-state index contributed by atoms with van der Waals surface area (Å²) in [4.78, 5) is 28.7. The van der Waals surface area contributed by atoms with Crippen molar-refractivity contribution in [3.8, 4) is 11.5 Å². The van der Waals surface area contributed by atoms with E-state index in [-0.39, 0.29) is 36.6 Å². The van der Waals surface area contributed by atoms with Gasteiger partial charge in [0.2, 0.25) is 0 Å². The van der Waals surface area contributed by atoms with E-state index in [1.54, 1.807) is 5.38 Å². The minimum Gasteiger partial charge on any atom is -0.484 e. The summed E-state index contributed by atoms with van der Waals surface area (Å²) < 4.78 is 45.5. The summed E-state index contributed by atoms with van der Waals surface area (Å²) in [6.45, 7) is 1.84. The highest BCUT2D eigenvalue weighted by molar-refractivity contribution is 7.09. The molecule has 1 aromatic carbocycles. The highest BCUT2D eigenvalue weighted by Crippen LogP contribution is 2.27. The van der Waals surface area contributed by atoms with E-state index in [4.69, 9.17) is 4.74 Å². The summed E-state index contributed by atoms with van der Waals surface area (Å²) in [5.41, 5.74) is 0.323. The average Bonchev–Trinajstić information content (AvgIpc) is 3.26. The highest BCUT2D eigenvalue weighted by atomic mass is 32.1. The molecule has 1 aliphatic rings. The van der Waals surface area contributed by atoms with Crippen LogP contribution in [0.4, 0.5) is 13.2 Å². The van der Waals surface area contributed by atoms with Crippen LogP contribution in [-0.2, 0) is 11.3 Å². The lowest BCUT2D eigenvalue weighted by Gasteiger charge is -2.28. The summed E-state index contributed by atoms with van der Waals surface area (Å²) >= 11 is 1.27. The van der Waals surface area contributed by atoms with Crippen LogP contribution < -0.4 is 20.1 Å². The monoisotopic (exact) mass is 485 g/mol. The molecule has 1 aliphatic carbocycles. The van der Waals surface area contributed by atoms with Crippen LogP contribution in [0.3, 0.4) is 0 Å². The fourth-order valence-corrected chi connectivity index (χ4v) is 4.35. The van der Waals surface area contributed by atoms with E-state index in [9.17, 15) is 22.8 Å². The van der Waals surface area contributed by atoms with Gasteiger partial charge in [-0.15, -0.1) is 24.5 Å². The summed E-state index contributed by atoms with van der Waals surface area (Å²) in [6.07, 6.45) is 1.14. The van der Waals surface area contributed by atoms with E-state index in [1.165, 1.54) is 42.7 Å². The lowest BCUT2D eigenvalue weighted by Crippen LogP contribution is -2.39. The number of halogens is 3. The maximum absolute atomic E-state index is 12.5. The summed E-state index contributed by atoms with van der Waals surface area (Å²) in [5.74, 6) is -0.314. The van der Waals surface area contributed by atoms with Gasteiger partial charge in [-0.2, -0.15) is 0 Å². The SMILES string of the molecule is C[C@H](NC(=O)c1csc(CNC(=O)COc2ccc(OC(F)(F)F)cc2)n1)C1CCCCC1. The molecule has 11 heteroatoms. The molecule has 0 bridgehead atoms. The molecule has 180 valence electrons. The van der Waals surface area contributed by atoms with Crippen LogP contribution in [0.1, 0.15) is 54.5 Å². The number of thiazole rings is 1. The first-order valence-corrected chi connectivity index (χ1v) is 11.6. The predicted octanol–water partition coefficient (Wildman–Crippen LogP) is 4.44. The van der Waals surface area contributed by atoms with E-state index >= 15 is 0 Å². The van der Waals surface area contributed by atoms with Crippen molar-refractivity contribution in [2.75, 3.05) is 6.61 Å². The Hall–Kier alpha value is -2.82. The van der Waals surface area contributed by atoms with Crippen molar-refractivity contribution in [2.24, 2.45) is 5.92 Å². The zero-order valence-electron chi connectivity index (χ0n) is 18.1. The Morgan fingerprint density at radius 1 is 1.15 bits per heavy atom. The van der Waals surface area contributed by atoms with Crippen LogP contribution >= 0.6 is 11.3 Å². The number of carbonyl (C=O) groups excluding carboxylic acids is 2. The van der Waals surface area contributed by atoms with Crippen LogP contribution in [-0.4, -0.2) is 35.8 Å². The molecule has 3 rings (SSSR count). The molecule has 1 aromatic heterocycles. The van der Waals surface area contributed by atoms with Gasteiger partial charge in [0.05, 0.1) is 6.54 Å². The molecule has 2 amide bonds. The average molecular weight is 486 g/mol. The quantitative estimate of drug-likeness (QED) is 0.548. The van der Waals surface area contributed by atoms with Crippen LogP contribution in [0.5, 0.6) is 11.5 Å². The first-order valence-electron chi connectivity index (χ1n) is 10.7. The summed E-state index contributed by atoms with van der Waals surface area (Å²) in [5, 5.41) is 7.90. The molecule has 0 radical (unpaired) electrons. The normalized spacial score (nSPS) is 15.5. The molecule has 7 nitrogen and oxygen atoms in total. The molecule has 1 fully saturated rings. The maximum atomic E-state index is 12.5. The summed E-state index contributed by atoms with van der Waals surface area (Å²) in [6, 6.07) is 4.83. The second kappa shape index (κ2) is 11.4. The smallest absolute Gasteiger partial charge is 0.484 e. The van der Waals surface area contributed by atoms with Gasteiger partial charge in [-0.05, 0) is 49.9 Å². The lowest BCUT2D eigenvalue weighted by molar-refractivity contribution is -0.274. The zero-order valence-corrected chi connectivity index (χ0v) is 18.9. The van der Waals surface area contributed by atoms with E-state index < -0.39 is 12.3 Å². The molecular formula is C22H26F3N3O4S. The van der Waals surface area contributed by atoms with Crippen molar-refractivity contribution in [3.05, 3.63) is 40.3 Å². The van der Waals surface area contributed by atoms with Gasteiger partial charge in [0, 0.05) is 11.4 Å². The number of benzene rings is 1. The Labute approximate surface area is 193 Å². The Morgan fingerprint density at radius 2 is 1.82 bits per heavy atom. The number of rotatable bonds is 9. The number of carbonyl (C=O) groups is 2. The van der Waals surface area contributed by atoms with E-state index in [0.717, 1.165) is 25.0 Å². The second-order valence-electron chi connectivity index (χ2n) is 7.87. The number of hydrogen-bond donors (Lipinski definition) is 2. The molecule has 33 heavy (non-hydrogen) atoms. The Bertz CT molecular complexity index is 928. The van der Waals surface area contributed by atoms with Crippen molar-refractivity contribution in [1.29, 1.82) is 0 Å². The van der Waals surface area contributed by atoms with Crippen molar-refractivity contribution in [3.63, 3.8) is 0 Å². The molecule has 2 aromatic rings. The number of nitrogens with zero attached hydrogens (tertiary/aromatic N) is 1. The third-order valence-electron chi connectivity index (χ3n) is 5.36. The van der Waals surface area contributed by atoms with Crippen molar-refractivity contribution in [1.82, 2.24) is 15.6 Å². The van der Waals surface area contributed by atoms with Gasteiger partial charge in [0.25, 0.3) is 11.8 Å². The van der Waals surface area contributed by atoms with Crippen LogP contribution in [0.15, 0.2) is 29.6 Å². The third kappa shape index (κ3) is 8.23. The van der Waals surface area contributed by atoms with Crippen molar-refractivity contribution >= 4 is 23.2 Å². The highest BCUT2D eigenvalue weighted by Gasteiger charge is 2.31. The Kier molecular flexibility index (Phi) is 8.54. The molecule has 0 saturated heterocycles. The van der Waals surface area contributed by atoms with Gasteiger partial charge in [-0.25, -0.2) is 4.98 Å². The molecule has 0 aliphatic heterocycles. The molecule has 1 saturated carbocycles. The van der Waals surface area contributed by atoms with Crippen molar-refractivity contribution < 1.29 is 32.2 Å². The van der Waals surface area contributed by atoms with Gasteiger partial charge >= 0.3 is 6.36 Å². The minimum atomic E-state index is -4.77. The van der Waals surface area contributed by atoms with Gasteiger partial charge in [0.1, 0.15) is 22.2 Å². The molecule has 0 spiro atoms. The number of hydrogen-bond acceptors (Lipinski definition) is 6. The molecular weight excluding hydrogens is 459 g/mol. The minimum absolute atomic E-state index is 0.0916. The maximum Gasteiger partial charge on any atom is 0.573 e. The first-order chi connectivity index (χ1) is 15.7. The van der Waals surface area contributed by atoms with E-state index in [2.05, 4.69) is 20.4 Å². The van der Waals surface area contributed by atoms with E-state index in [0.29, 0.717) is 16.6 Å². The summed E-state index contributed by atoms with van der Waals surface area (Å²) in [7, 11) is 0. The molecule has 0 unspecified atom stereocenters. The molecule has 2 N–H and O–H groups in total. The zero-order chi connectivity index (χ0) is 23.8. The van der Waals surface area contributed by atoms with Crippen LogP contribution in [0.25, 0.3) is 0 Å². The predicted molar refractivity (Wildman–Crippen MR) is 116 cm³/mol. The standard InChI is InChI=1S/C22H26F3N3O4S/c1-14(15-5-3-2-4-6-15)27-21(30)18-13-33-20(28-18)11-26-19(29)12-31-16-7-9-17(10-8-16)32-22(23,24)25/h7-10,13-15H,2-6,11-12H2,1H3,(H,26,29)(H,27,30)/t14-/m0/s1. The number of aromatic nitrogens is 1. The second-order valence-corrected chi connectivity index (χ2v) is 8.81.